The minimum atomic E-state index is -0.520. The van der Waals surface area contributed by atoms with Gasteiger partial charge in [-0.15, -0.1) is 0 Å². The molecule has 0 aliphatic carbocycles. The Labute approximate surface area is 120 Å². The Hall–Kier alpha value is -1.14. The smallest absolute Gasteiger partial charge is 0.260 e. The van der Waals surface area contributed by atoms with Crippen LogP contribution in [-0.4, -0.2) is 42.2 Å². The molecule has 1 unspecified atom stereocenters. The van der Waals surface area contributed by atoms with Crippen molar-refractivity contribution in [3.8, 4) is 5.75 Å². The number of aliphatic hydroxyl groups is 1. The van der Waals surface area contributed by atoms with Crippen LogP contribution in [-0.2, 0) is 4.79 Å². The fraction of sp³-hybridized carbons (Fsp3) is 0.462. The van der Waals surface area contributed by atoms with Crippen molar-refractivity contribution in [3.63, 3.8) is 0 Å². The van der Waals surface area contributed by atoms with Gasteiger partial charge in [0.05, 0.1) is 6.10 Å². The third-order valence-corrected chi connectivity index (χ3v) is 3.05. The second-order valence-electron chi connectivity index (χ2n) is 4.32. The van der Waals surface area contributed by atoms with Crippen molar-refractivity contribution in [3.05, 3.63) is 28.5 Å². The molecule has 0 fully saturated rings. The highest BCUT2D eigenvalue weighted by atomic mass is 79.9. The van der Waals surface area contributed by atoms with Crippen LogP contribution in [0.1, 0.15) is 13.3 Å². The number of hydrogen-bond donors (Lipinski definition) is 1. The molecule has 0 bridgehead atoms. The lowest BCUT2D eigenvalue weighted by Gasteiger charge is -2.18. The average molecular weight is 334 g/mol. The van der Waals surface area contributed by atoms with Crippen molar-refractivity contribution >= 4 is 21.8 Å². The van der Waals surface area contributed by atoms with Crippen molar-refractivity contribution in [2.45, 2.75) is 19.4 Å². The number of likely N-dealkylation sites (N-methyl/N-ethyl adjacent to an activating group) is 1. The monoisotopic (exact) mass is 333 g/mol. The van der Waals surface area contributed by atoms with Crippen LogP contribution in [0.5, 0.6) is 5.75 Å². The minimum absolute atomic E-state index is 0.0421. The molecule has 0 saturated carbocycles. The SMILES string of the molecule is CC(O)CCN(C)C(=O)COc1ccc(Br)cc1F. The fourth-order valence-corrected chi connectivity index (χ4v) is 1.68. The molecule has 0 saturated heterocycles. The summed E-state index contributed by atoms with van der Waals surface area (Å²) in [7, 11) is 1.62. The van der Waals surface area contributed by atoms with Crippen LogP contribution in [0.25, 0.3) is 0 Å². The molecule has 0 aromatic heterocycles. The number of ether oxygens (including phenoxy) is 1. The Bertz CT molecular complexity index is 440. The standard InChI is InChI=1S/C13H17BrFNO3/c1-9(17)5-6-16(2)13(18)8-19-12-4-3-10(14)7-11(12)15/h3-4,7,9,17H,5-6,8H2,1-2H3. The lowest BCUT2D eigenvalue weighted by molar-refractivity contribution is -0.132. The maximum Gasteiger partial charge on any atom is 0.260 e. The van der Waals surface area contributed by atoms with E-state index in [0.717, 1.165) is 0 Å². The van der Waals surface area contributed by atoms with E-state index in [1.165, 1.54) is 17.0 Å². The Balaban J connectivity index is 2.45. The van der Waals surface area contributed by atoms with Crippen LogP contribution in [0, 0.1) is 5.82 Å². The lowest BCUT2D eigenvalue weighted by Crippen LogP contribution is -2.33. The van der Waals surface area contributed by atoms with Crippen molar-refractivity contribution in [2.75, 3.05) is 20.2 Å². The molecule has 1 rings (SSSR count). The van der Waals surface area contributed by atoms with Crippen molar-refractivity contribution in [1.82, 2.24) is 4.90 Å². The second-order valence-corrected chi connectivity index (χ2v) is 5.23. The van der Waals surface area contributed by atoms with Crippen molar-refractivity contribution in [2.24, 2.45) is 0 Å². The van der Waals surface area contributed by atoms with Gasteiger partial charge < -0.3 is 14.7 Å². The Morgan fingerprint density at radius 2 is 2.26 bits per heavy atom. The highest BCUT2D eigenvalue weighted by molar-refractivity contribution is 9.10. The van der Waals surface area contributed by atoms with Gasteiger partial charge in [-0.2, -0.15) is 0 Å². The molecule has 1 amide bonds. The number of benzene rings is 1. The predicted octanol–water partition coefficient (Wildman–Crippen LogP) is 2.20. The molecule has 0 heterocycles. The summed E-state index contributed by atoms with van der Waals surface area (Å²) < 4.78 is 19.2. The molecule has 6 heteroatoms. The number of nitrogens with zero attached hydrogens (tertiary/aromatic N) is 1. The summed E-state index contributed by atoms with van der Waals surface area (Å²) in [6.45, 7) is 1.86. The first kappa shape index (κ1) is 15.9. The fourth-order valence-electron chi connectivity index (χ4n) is 1.35. The number of carbonyl (C=O) groups excluding carboxylic acids is 1. The zero-order valence-electron chi connectivity index (χ0n) is 10.9. The number of rotatable bonds is 6. The van der Waals surface area contributed by atoms with Crippen LogP contribution in [0.2, 0.25) is 0 Å². The number of aliphatic hydroxyl groups excluding tert-OH is 1. The third kappa shape index (κ3) is 5.57. The highest BCUT2D eigenvalue weighted by Gasteiger charge is 2.12. The van der Waals surface area contributed by atoms with E-state index >= 15 is 0 Å². The molecule has 0 aliphatic heterocycles. The molecule has 19 heavy (non-hydrogen) atoms. The van der Waals surface area contributed by atoms with Gasteiger partial charge in [0.2, 0.25) is 0 Å². The van der Waals surface area contributed by atoms with Crippen LogP contribution in [0.3, 0.4) is 0 Å². The zero-order valence-corrected chi connectivity index (χ0v) is 12.5. The number of amides is 1. The Morgan fingerprint density at radius 1 is 1.58 bits per heavy atom. The summed E-state index contributed by atoms with van der Waals surface area (Å²) in [6.07, 6.45) is 0.0367. The normalized spacial score (nSPS) is 12.1. The third-order valence-electron chi connectivity index (χ3n) is 2.55. The van der Waals surface area contributed by atoms with Crippen LogP contribution >= 0.6 is 15.9 Å². The van der Waals surface area contributed by atoms with E-state index in [9.17, 15) is 9.18 Å². The average Bonchev–Trinajstić information content (AvgIpc) is 2.34. The highest BCUT2D eigenvalue weighted by Crippen LogP contribution is 2.21. The molecule has 0 aliphatic rings. The Kier molecular flexibility index (Phi) is 6.24. The van der Waals surface area contributed by atoms with Gasteiger partial charge in [-0.3, -0.25) is 4.79 Å². The first-order valence-electron chi connectivity index (χ1n) is 5.90. The van der Waals surface area contributed by atoms with Gasteiger partial charge in [-0.1, -0.05) is 15.9 Å². The summed E-state index contributed by atoms with van der Waals surface area (Å²) in [6, 6.07) is 4.37. The van der Waals surface area contributed by atoms with E-state index in [-0.39, 0.29) is 18.3 Å². The molecule has 1 aromatic carbocycles. The number of carbonyl (C=O) groups is 1. The topological polar surface area (TPSA) is 49.8 Å². The van der Waals surface area contributed by atoms with Gasteiger partial charge >= 0.3 is 0 Å². The molecule has 4 nitrogen and oxygen atoms in total. The van der Waals surface area contributed by atoms with Gasteiger partial charge in [-0.05, 0) is 31.5 Å². The summed E-state index contributed by atoms with van der Waals surface area (Å²) in [5, 5.41) is 9.13. The number of halogens is 2. The van der Waals surface area contributed by atoms with E-state index in [1.54, 1.807) is 20.0 Å². The minimum Gasteiger partial charge on any atom is -0.481 e. The molecular weight excluding hydrogens is 317 g/mol. The first-order valence-corrected chi connectivity index (χ1v) is 6.69. The summed E-state index contributed by atoms with van der Waals surface area (Å²) in [5.74, 6) is -0.739. The van der Waals surface area contributed by atoms with E-state index in [0.29, 0.717) is 17.4 Å². The van der Waals surface area contributed by atoms with E-state index in [1.807, 2.05) is 0 Å². The summed E-state index contributed by atoms with van der Waals surface area (Å²) >= 11 is 3.14. The quantitative estimate of drug-likeness (QED) is 0.868. The second kappa shape index (κ2) is 7.45. The molecule has 1 N–H and O–H groups in total. The van der Waals surface area contributed by atoms with E-state index in [2.05, 4.69) is 15.9 Å². The van der Waals surface area contributed by atoms with Crippen LogP contribution in [0.15, 0.2) is 22.7 Å². The summed E-state index contributed by atoms with van der Waals surface area (Å²) in [4.78, 5) is 13.1. The number of hydrogen-bond acceptors (Lipinski definition) is 3. The van der Waals surface area contributed by atoms with Crippen molar-refractivity contribution in [1.29, 1.82) is 0 Å². The predicted molar refractivity (Wildman–Crippen MR) is 73.5 cm³/mol. The lowest BCUT2D eigenvalue weighted by atomic mass is 10.3. The van der Waals surface area contributed by atoms with Gasteiger partial charge in [0.1, 0.15) is 0 Å². The van der Waals surface area contributed by atoms with Crippen molar-refractivity contribution < 1.29 is 19.0 Å². The van der Waals surface area contributed by atoms with E-state index in [4.69, 9.17) is 9.84 Å². The molecule has 0 radical (unpaired) electrons. The first-order chi connectivity index (χ1) is 8.90. The largest absolute Gasteiger partial charge is 0.481 e. The van der Waals surface area contributed by atoms with Crippen LogP contribution < -0.4 is 4.74 Å². The van der Waals surface area contributed by atoms with Gasteiger partial charge in [0.15, 0.2) is 18.2 Å². The van der Waals surface area contributed by atoms with Gasteiger partial charge in [0.25, 0.3) is 5.91 Å². The molecular formula is C13H17BrFNO3. The van der Waals surface area contributed by atoms with Crippen LogP contribution in [0.4, 0.5) is 4.39 Å². The molecule has 1 atom stereocenters. The zero-order chi connectivity index (χ0) is 14.4. The molecule has 106 valence electrons. The van der Waals surface area contributed by atoms with E-state index < -0.39 is 11.9 Å². The maximum atomic E-state index is 13.4. The Morgan fingerprint density at radius 3 is 2.84 bits per heavy atom. The van der Waals surface area contributed by atoms with Gasteiger partial charge in [-0.25, -0.2) is 4.39 Å². The maximum absolute atomic E-state index is 13.4. The van der Waals surface area contributed by atoms with Gasteiger partial charge in [0, 0.05) is 18.1 Å². The molecule has 0 spiro atoms. The molecule has 1 aromatic rings. The summed E-state index contributed by atoms with van der Waals surface area (Å²) in [5.41, 5.74) is 0.